The molecule has 1 aliphatic rings. The Morgan fingerprint density at radius 3 is 3.00 bits per heavy atom. The van der Waals surface area contributed by atoms with Gasteiger partial charge in [-0.3, -0.25) is 4.79 Å². The predicted molar refractivity (Wildman–Crippen MR) is 66.8 cm³/mol. The number of fused-ring (bicyclic) bond motifs is 1. The van der Waals surface area contributed by atoms with Crippen LogP contribution in [0.4, 0.5) is 5.69 Å². The van der Waals surface area contributed by atoms with E-state index in [2.05, 4.69) is 28.1 Å². The van der Waals surface area contributed by atoms with Crippen molar-refractivity contribution in [3.8, 4) is 0 Å². The fraction of sp³-hybridized carbons (Fsp3) is 0.250. The molecule has 1 amide bonds. The number of amides is 1. The zero-order valence-electron chi connectivity index (χ0n) is 8.69. The molecule has 1 aromatic carbocycles. The molecule has 1 aliphatic heterocycles. The Morgan fingerprint density at radius 1 is 1.38 bits per heavy atom. The molecule has 0 unspecified atom stereocenters. The monoisotopic (exact) mass is 232 g/mol. The van der Waals surface area contributed by atoms with Crippen LogP contribution >= 0.6 is 11.3 Å². The molecule has 0 saturated carbocycles. The van der Waals surface area contributed by atoms with E-state index in [1.165, 1.54) is 10.1 Å². The van der Waals surface area contributed by atoms with Crippen molar-refractivity contribution in [2.75, 3.05) is 18.4 Å². The van der Waals surface area contributed by atoms with Gasteiger partial charge < -0.3 is 10.6 Å². The van der Waals surface area contributed by atoms with Crippen molar-refractivity contribution in [2.45, 2.75) is 0 Å². The second-order valence-electron chi connectivity index (χ2n) is 4.02. The van der Waals surface area contributed by atoms with Crippen LogP contribution in [0.3, 0.4) is 0 Å². The lowest BCUT2D eigenvalue weighted by molar-refractivity contribution is -0.121. The van der Waals surface area contributed by atoms with Gasteiger partial charge in [-0.2, -0.15) is 0 Å². The number of hydrogen-bond acceptors (Lipinski definition) is 3. The molecule has 2 N–H and O–H groups in total. The van der Waals surface area contributed by atoms with E-state index in [4.69, 9.17) is 0 Å². The molecular formula is C12H12N2OS. The van der Waals surface area contributed by atoms with E-state index in [1.54, 1.807) is 11.3 Å². The summed E-state index contributed by atoms with van der Waals surface area (Å²) in [5.74, 6) is 0.256. The molecule has 0 bridgehead atoms. The highest BCUT2D eigenvalue weighted by molar-refractivity contribution is 7.17. The molecule has 1 fully saturated rings. The first-order valence-electron chi connectivity index (χ1n) is 5.32. The Morgan fingerprint density at radius 2 is 2.25 bits per heavy atom. The SMILES string of the molecule is O=C(Nc1ccc2sccc2c1)C1CNC1. The zero-order chi connectivity index (χ0) is 11.0. The molecule has 2 heterocycles. The van der Waals surface area contributed by atoms with Crippen LogP contribution in [0.5, 0.6) is 0 Å². The summed E-state index contributed by atoms with van der Waals surface area (Å²) < 4.78 is 1.25. The van der Waals surface area contributed by atoms with Crippen molar-refractivity contribution in [3.63, 3.8) is 0 Å². The third kappa shape index (κ3) is 1.70. The second kappa shape index (κ2) is 3.88. The summed E-state index contributed by atoms with van der Waals surface area (Å²) in [6.45, 7) is 1.60. The minimum atomic E-state index is 0.119. The highest BCUT2D eigenvalue weighted by Gasteiger charge is 2.24. The van der Waals surface area contributed by atoms with Crippen LogP contribution in [-0.4, -0.2) is 19.0 Å². The van der Waals surface area contributed by atoms with Gasteiger partial charge in [0.05, 0.1) is 5.92 Å². The summed E-state index contributed by atoms with van der Waals surface area (Å²) in [6.07, 6.45) is 0. The lowest BCUT2D eigenvalue weighted by atomic mass is 10.0. The van der Waals surface area contributed by atoms with Crippen molar-refractivity contribution in [3.05, 3.63) is 29.6 Å². The quantitative estimate of drug-likeness (QED) is 0.832. The first-order chi connectivity index (χ1) is 7.83. The number of anilines is 1. The normalized spacial score (nSPS) is 16.0. The highest BCUT2D eigenvalue weighted by atomic mass is 32.1. The number of thiophene rings is 1. The molecule has 4 heteroatoms. The van der Waals surface area contributed by atoms with Crippen molar-refractivity contribution < 1.29 is 4.79 Å². The average Bonchev–Trinajstić information content (AvgIpc) is 2.61. The third-order valence-electron chi connectivity index (χ3n) is 2.87. The molecule has 0 aliphatic carbocycles. The van der Waals surface area contributed by atoms with Crippen LogP contribution in [0.2, 0.25) is 0 Å². The van der Waals surface area contributed by atoms with Crippen LogP contribution in [0.15, 0.2) is 29.6 Å². The largest absolute Gasteiger partial charge is 0.326 e. The average molecular weight is 232 g/mol. The van der Waals surface area contributed by atoms with Gasteiger partial charge in [0, 0.05) is 23.5 Å². The maximum Gasteiger partial charge on any atom is 0.230 e. The molecule has 1 aromatic heterocycles. The first kappa shape index (κ1) is 9.81. The molecular weight excluding hydrogens is 220 g/mol. The van der Waals surface area contributed by atoms with E-state index in [9.17, 15) is 4.79 Å². The topological polar surface area (TPSA) is 41.1 Å². The summed E-state index contributed by atoms with van der Waals surface area (Å²) in [4.78, 5) is 11.7. The summed E-state index contributed by atoms with van der Waals surface area (Å²) in [5, 5.41) is 9.30. The van der Waals surface area contributed by atoms with Crippen LogP contribution in [-0.2, 0) is 4.79 Å². The lowest BCUT2D eigenvalue weighted by Gasteiger charge is -2.25. The highest BCUT2D eigenvalue weighted by Crippen LogP contribution is 2.24. The number of rotatable bonds is 2. The molecule has 3 nitrogen and oxygen atoms in total. The van der Waals surface area contributed by atoms with Crippen molar-refractivity contribution in [1.82, 2.24) is 5.32 Å². The Balaban J connectivity index is 1.80. The molecule has 2 aromatic rings. The zero-order valence-corrected chi connectivity index (χ0v) is 9.51. The van der Waals surface area contributed by atoms with Gasteiger partial charge in [-0.1, -0.05) is 0 Å². The molecule has 16 heavy (non-hydrogen) atoms. The van der Waals surface area contributed by atoms with E-state index in [1.807, 2.05) is 12.1 Å². The molecule has 0 atom stereocenters. The summed E-state index contributed by atoms with van der Waals surface area (Å²) in [5.41, 5.74) is 0.891. The summed E-state index contributed by atoms with van der Waals surface area (Å²) >= 11 is 1.71. The maximum absolute atomic E-state index is 11.7. The standard InChI is InChI=1S/C12H12N2OS/c15-12(9-6-13-7-9)14-10-1-2-11-8(5-10)3-4-16-11/h1-5,9,13H,6-7H2,(H,14,15). The van der Waals surface area contributed by atoms with Crippen molar-refractivity contribution >= 4 is 33.0 Å². The van der Waals surface area contributed by atoms with E-state index in [-0.39, 0.29) is 11.8 Å². The van der Waals surface area contributed by atoms with Gasteiger partial charge in [-0.25, -0.2) is 0 Å². The van der Waals surface area contributed by atoms with E-state index >= 15 is 0 Å². The minimum Gasteiger partial charge on any atom is -0.326 e. The smallest absolute Gasteiger partial charge is 0.230 e. The summed E-state index contributed by atoms with van der Waals surface area (Å²) in [7, 11) is 0. The number of carbonyl (C=O) groups excluding carboxylic acids is 1. The van der Waals surface area contributed by atoms with E-state index < -0.39 is 0 Å². The van der Waals surface area contributed by atoms with Gasteiger partial charge in [-0.05, 0) is 35.0 Å². The molecule has 3 rings (SSSR count). The van der Waals surface area contributed by atoms with Crippen LogP contribution < -0.4 is 10.6 Å². The van der Waals surface area contributed by atoms with Gasteiger partial charge in [-0.15, -0.1) is 11.3 Å². The van der Waals surface area contributed by atoms with Crippen molar-refractivity contribution in [2.24, 2.45) is 5.92 Å². The third-order valence-corrected chi connectivity index (χ3v) is 3.77. The lowest BCUT2D eigenvalue weighted by Crippen LogP contribution is -2.48. The van der Waals surface area contributed by atoms with E-state index in [0.717, 1.165) is 18.8 Å². The fourth-order valence-corrected chi connectivity index (χ4v) is 2.53. The Kier molecular flexibility index (Phi) is 2.38. The van der Waals surface area contributed by atoms with Gasteiger partial charge in [0.2, 0.25) is 5.91 Å². The molecule has 0 radical (unpaired) electrons. The fourth-order valence-electron chi connectivity index (χ4n) is 1.76. The summed E-state index contributed by atoms with van der Waals surface area (Å²) in [6, 6.07) is 8.11. The number of nitrogens with one attached hydrogen (secondary N) is 2. The number of benzene rings is 1. The van der Waals surface area contributed by atoms with Crippen LogP contribution in [0.25, 0.3) is 10.1 Å². The van der Waals surface area contributed by atoms with Crippen LogP contribution in [0, 0.1) is 5.92 Å². The predicted octanol–water partition coefficient (Wildman–Crippen LogP) is 2.06. The second-order valence-corrected chi connectivity index (χ2v) is 4.97. The minimum absolute atomic E-state index is 0.119. The number of carbonyl (C=O) groups is 1. The molecule has 0 spiro atoms. The Hall–Kier alpha value is -1.39. The van der Waals surface area contributed by atoms with Crippen LogP contribution in [0.1, 0.15) is 0 Å². The van der Waals surface area contributed by atoms with Gasteiger partial charge in [0.1, 0.15) is 0 Å². The van der Waals surface area contributed by atoms with Gasteiger partial charge in [0.15, 0.2) is 0 Å². The first-order valence-corrected chi connectivity index (χ1v) is 6.20. The van der Waals surface area contributed by atoms with Gasteiger partial charge in [0.25, 0.3) is 0 Å². The van der Waals surface area contributed by atoms with Gasteiger partial charge >= 0.3 is 0 Å². The van der Waals surface area contributed by atoms with E-state index in [0.29, 0.717) is 0 Å². The van der Waals surface area contributed by atoms with Crippen molar-refractivity contribution in [1.29, 1.82) is 0 Å². The number of hydrogen-bond donors (Lipinski definition) is 2. The Labute approximate surface area is 97.5 Å². The maximum atomic E-state index is 11.7. The molecule has 82 valence electrons. The Bertz CT molecular complexity index is 531. The molecule has 1 saturated heterocycles.